The van der Waals surface area contributed by atoms with Crippen LogP contribution < -0.4 is 16.4 Å². The van der Waals surface area contributed by atoms with Gasteiger partial charge >= 0.3 is 0 Å². The minimum atomic E-state index is -0.129. The second-order valence-corrected chi connectivity index (χ2v) is 4.84. The highest BCUT2D eigenvalue weighted by Crippen LogP contribution is 2.22. The van der Waals surface area contributed by atoms with E-state index in [1.54, 1.807) is 18.2 Å². The summed E-state index contributed by atoms with van der Waals surface area (Å²) in [6.45, 7) is 6.49. The standard InChI is InChI=1S/C14H23N3O2/c1-4-16-14(19)10-5-6-11(15)12(7-10)17-13(8-18)9(2)3/h5-7,9,13,17-18H,4,8,15H2,1-3H3,(H,16,19)/t13-/m1/s1. The van der Waals surface area contributed by atoms with Crippen molar-refractivity contribution in [2.45, 2.75) is 26.8 Å². The number of benzene rings is 1. The van der Waals surface area contributed by atoms with Gasteiger partial charge in [0, 0.05) is 12.1 Å². The fourth-order valence-electron chi connectivity index (χ4n) is 1.71. The van der Waals surface area contributed by atoms with E-state index in [1.165, 1.54) is 0 Å². The molecule has 1 aromatic rings. The van der Waals surface area contributed by atoms with Gasteiger partial charge in [0.25, 0.3) is 5.91 Å². The van der Waals surface area contributed by atoms with Crippen molar-refractivity contribution in [3.63, 3.8) is 0 Å². The molecule has 1 atom stereocenters. The average molecular weight is 265 g/mol. The van der Waals surface area contributed by atoms with Gasteiger partial charge < -0.3 is 21.5 Å². The zero-order valence-electron chi connectivity index (χ0n) is 11.7. The van der Waals surface area contributed by atoms with Gasteiger partial charge in [0.15, 0.2) is 0 Å². The Hall–Kier alpha value is -1.75. The molecule has 106 valence electrons. The summed E-state index contributed by atoms with van der Waals surface area (Å²) in [5, 5.41) is 15.2. The van der Waals surface area contributed by atoms with Crippen molar-refractivity contribution in [2.75, 3.05) is 24.2 Å². The monoisotopic (exact) mass is 265 g/mol. The van der Waals surface area contributed by atoms with E-state index < -0.39 is 0 Å². The molecule has 0 spiro atoms. The molecule has 5 heteroatoms. The molecule has 0 aliphatic carbocycles. The Labute approximate surface area is 114 Å². The number of hydrogen-bond acceptors (Lipinski definition) is 4. The van der Waals surface area contributed by atoms with Crippen molar-refractivity contribution in [2.24, 2.45) is 5.92 Å². The van der Waals surface area contributed by atoms with Crippen molar-refractivity contribution in [3.05, 3.63) is 23.8 Å². The number of nitrogens with two attached hydrogens (primary N) is 1. The number of nitrogens with one attached hydrogen (secondary N) is 2. The summed E-state index contributed by atoms with van der Waals surface area (Å²) in [6.07, 6.45) is 0. The van der Waals surface area contributed by atoms with E-state index in [0.29, 0.717) is 23.5 Å². The molecular formula is C14H23N3O2. The Balaban J connectivity index is 2.94. The second kappa shape index (κ2) is 6.99. The van der Waals surface area contributed by atoms with Gasteiger partial charge in [-0.3, -0.25) is 4.79 Å². The third-order valence-electron chi connectivity index (χ3n) is 3.00. The summed E-state index contributed by atoms with van der Waals surface area (Å²) in [5.41, 5.74) is 7.68. The molecule has 0 aromatic heterocycles. The summed E-state index contributed by atoms with van der Waals surface area (Å²) in [4.78, 5) is 11.8. The molecule has 0 unspecified atom stereocenters. The smallest absolute Gasteiger partial charge is 0.251 e. The number of anilines is 2. The summed E-state index contributed by atoms with van der Waals surface area (Å²) >= 11 is 0. The van der Waals surface area contributed by atoms with Gasteiger partial charge in [-0.05, 0) is 31.0 Å². The first-order valence-electron chi connectivity index (χ1n) is 6.54. The number of nitrogen functional groups attached to an aromatic ring is 1. The largest absolute Gasteiger partial charge is 0.397 e. The Morgan fingerprint density at radius 1 is 1.42 bits per heavy atom. The lowest BCUT2D eigenvalue weighted by molar-refractivity contribution is 0.0956. The topological polar surface area (TPSA) is 87.4 Å². The fourth-order valence-corrected chi connectivity index (χ4v) is 1.71. The summed E-state index contributed by atoms with van der Waals surface area (Å²) in [6, 6.07) is 5.01. The van der Waals surface area contributed by atoms with Gasteiger partial charge in [0.05, 0.1) is 24.0 Å². The summed E-state index contributed by atoms with van der Waals surface area (Å²) < 4.78 is 0. The molecular weight excluding hydrogens is 242 g/mol. The van der Waals surface area contributed by atoms with Crippen LogP contribution in [0.4, 0.5) is 11.4 Å². The molecule has 0 saturated heterocycles. The van der Waals surface area contributed by atoms with Gasteiger partial charge in [-0.15, -0.1) is 0 Å². The van der Waals surface area contributed by atoms with Crippen LogP contribution in [0.1, 0.15) is 31.1 Å². The van der Waals surface area contributed by atoms with Crippen molar-refractivity contribution < 1.29 is 9.90 Å². The lowest BCUT2D eigenvalue weighted by Gasteiger charge is -2.22. The molecule has 1 aromatic carbocycles. The van der Waals surface area contributed by atoms with Gasteiger partial charge in [-0.25, -0.2) is 0 Å². The molecule has 1 amide bonds. The number of carbonyl (C=O) groups excluding carboxylic acids is 1. The molecule has 0 radical (unpaired) electrons. The van der Waals surface area contributed by atoms with E-state index >= 15 is 0 Å². The third kappa shape index (κ3) is 4.13. The van der Waals surface area contributed by atoms with Gasteiger partial charge in [0.1, 0.15) is 0 Å². The van der Waals surface area contributed by atoms with Crippen molar-refractivity contribution in [3.8, 4) is 0 Å². The van der Waals surface area contributed by atoms with E-state index in [1.807, 2.05) is 20.8 Å². The highest BCUT2D eigenvalue weighted by molar-refractivity contribution is 5.96. The fraction of sp³-hybridized carbons (Fsp3) is 0.500. The first-order chi connectivity index (χ1) is 8.99. The van der Waals surface area contributed by atoms with E-state index in [4.69, 9.17) is 5.73 Å². The van der Waals surface area contributed by atoms with Crippen LogP contribution in [0, 0.1) is 5.92 Å². The Bertz CT molecular complexity index is 433. The third-order valence-corrected chi connectivity index (χ3v) is 3.00. The van der Waals surface area contributed by atoms with E-state index in [-0.39, 0.29) is 24.5 Å². The predicted octanol–water partition coefficient (Wildman–Crippen LogP) is 1.45. The minimum absolute atomic E-state index is 0.0164. The van der Waals surface area contributed by atoms with E-state index in [9.17, 15) is 9.90 Å². The second-order valence-electron chi connectivity index (χ2n) is 4.84. The maximum Gasteiger partial charge on any atom is 0.251 e. The lowest BCUT2D eigenvalue weighted by atomic mass is 10.0. The lowest BCUT2D eigenvalue weighted by Crippen LogP contribution is -2.30. The Morgan fingerprint density at radius 3 is 2.63 bits per heavy atom. The molecule has 1 rings (SSSR count). The molecule has 0 saturated carbocycles. The number of aliphatic hydroxyl groups excluding tert-OH is 1. The molecule has 19 heavy (non-hydrogen) atoms. The Kier molecular flexibility index (Phi) is 5.63. The van der Waals surface area contributed by atoms with Crippen LogP contribution in [0.2, 0.25) is 0 Å². The van der Waals surface area contributed by atoms with Crippen LogP contribution in [0.3, 0.4) is 0 Å². The normalized spacial score (nSPS) is 12.3. The molecule has 0 aliphatic heterocycles. The van der Waals surface area contributed by atoms with Crippen LogP contribution in [-0.4, -0.2) is 30.2 Å². The highest BCUT2D eigenvalue weighted by Gasteiger charge is 2.14. The van der Waals surface area contributed by atoms with E-state index in [2.05, 4.69) is 10.6 Å². The molecule has 5 N–H and O–H groups in total. The van der Waals surface area contributed by atoms with Crippen LogP contribution in [-0.2, 0) is 0 Å². The molecule has 0 bridgehead atoms. The molecule has 0 heterocycles. The van der Waals surface area contributed by atoms with Gasteiger partial charge in [0.2, 0.25) is 0 Å². The van der Waals surface area contributed by atoms with Crippen molar-refractivity contribution in [1.82, 2.24) is 5.32 Å². The summed E-state index contributed by atoms with van der Waals surface area (Å²) in [5.74, 6) is 0.133. The van der Waals surface area contributed by atoms with E-state index in [0.717, 1.165) is 0 Å². The van der Waals surface area contributed by atoms with Crippen molar-refractivity contribution in [1.29, 1.82) is 0 Å². The molecule has 0 fully saturated rings. The van der Waals surface area contributed by atoms with Gasteiger partial charge in [-0.1, -0.05) is 13.8 Å². The predicted molar refractivity (Wildman–Crippen MR) is 78.2 cm³/mol. The zero-order valence-corrected chi connectivity index (χ0v) is 11.7. The van der Waals surface area contributed by atoms with Crippen molar-refractivity contribution >= 4 is 17.3 Å². The van der Waals surface area contributed by atoms with Crippen LogP contribution >= 0.6 is 0 Å². The average Bonchev–Trinajstić information content (AvgIpc) is 2.37. The minimum Gasteiger partial charge on any atom is -0.397 e. The van der Waals surface area contributed by atoms with Crippen LogP contribution in [0.5, 0.6) is 0 Å². The maximum atomic E-state index is 11.8. The maximum absolute atomic E-state index is 11.8. The number of amides is 1. The first-order valence-corrected chi connectivity index (χ1v) is 6.54. The first kappa shape index (κ1) is 15.3. The Morgan fingerprint density at radius 2 is 2.11 bits per heavy atom. The number of aliphatic hydroxyl groups is 1. The van der Waals surface area contributed by atoms with Gasteiger partial charge in [-0.2, -0.15) is 0 Å². The number of hydrogen-bond donors (Lipinski definition) is 4. The molecule has 0 aliphatic rings. The SMILES string of the molecule is CCNC(=O)c1ccc(N)c(N[C@H](CO)C(C)C)c1. The molecule has 5 nitrogen and oxygen atoms in total. The zero-order chi connectivity index (χ0) is 14.4. The van der Waals surface area contributed by atoms with Crippen LogP contribution in [0.25, 0.3) is 0 Å². The summed E-state index contributed by atoms with van der Waals surface area (Å²) in [7, 11) is 0. The quantitative estimate of drug-likeness (QED) is 0.586. The highest BCUT2D eigenvalue weighted by atomic mass is 16.3. The number of rotatable bonds is 6. The number of carbonyl (C=O) groups is 1. The van der Waals surface area contributed by atoms with Crippen LogP contribution in [0.15, 0.2) is 18.2 Å².